The number of aldehydes is 2. The third-order valence-electron chi connectivity index (χ3n) is 3.52. The van der Waals surface area contributed by atoms with E-state index in [1.807, 2.05) is 0 Å². The van der Waals surface area contributed by atoms with E-state index < -0.39 is 35.0 Å². The molecule has 0 heterocycles. The average molecular weight is 412 g/mol. The van der Waals surface area contributed by atoms with Gasteiger partial charge in [0, 0.05) is 23.3 Å². The first kappa shape index (κ1) is 21.7. The summed E-state index contributed by atoms with van der Waals surface area (Å²) in [5.74, 6) is -5.83. The SMILES string of the molecule is O=Cc1ccc(OC(=O)/C=C/C(=O)Oc2ccc(C=O)cc2C(=O)O)c(C(=O)O)c1. The summed E-state index contributed by atoms with van der Waals surface area (Å²) in [4.78, 5) is 67.6. The molecule has 0 aromatic heterocycles. The van der Waals surface area contributed by atoms with Gasteiger partial charge in [-0.25, -0.2) is 19.2 Å². The minimum Gasteiger partial charge on any atom is -0.478 e. The summed E-state index contributed by atoms with van der Waals surface area (Å²) in [5.41, 5.74) is -0.766. The number of esters is 2. The smallest absolute Gasteiger partial charge is 0.339 e. The highest BCUT2D eigenvalue weighted by atomic mass is 16.5. The Hall–Kier alpha value is -4.60. The predicted octanol–water partition coefficient (Wildman–Crippen LogP) is 1.78. The Bertz CT molecular complexity index is 995. The molecule has 2 aromatic rings. The summed E-state index contributed by atoms with van der Waals surface area (Å²) in [6, 6.07) is 6.68. The van der Waals surface area contributed by atoms with Crippen molar-refractivity contribution in [2.45, 2.75) is 0 Å². The van der Waals surface area contributed by atoms with Crippen LogP contribution >= 0.6 is 0 Å². The van der Waals surface area contributed by atoms with E-state index in [2.05, 4.69) is 0 Å². The fraction of sp³-hybridized carbons (Fsp3) is 0. The number of hydrogen-bond acceptors (Lipinski definition) is 8. The fourth-order valence-electron chi connectivity index (χ4n) is 2.17. The molecule has 0 aliphatic rings. The van der Waals surface area contributed by atoms with Crippen LogP contribution in [-0.2, 0) is 9.59 Å². The second kappa shape index (κ2) is 9.55. The molecule has 2 aromatic carbocycles. The molecule has 30 heavy (non-hydrogen) atoms. The highest BCUT2D eigenvalue weighted by Gasteiger charge is 2.16. The molecule has 0 aliphatic carbocycles. The minimum atomic E-state index is -1.44. The monoisotopic (exact) mass is 412 g/mol. The number of ether oxygens (including phenoxy) is 2. The van der Waals surface area contributed by atoms with Crippen LogP contribution in [0, 0.1) is 0 Å². The summed E-state index contributed by atoms with van der Waals surface area (Å²) in [6.45, 7) is 0. The molecule has 0 aliphatic heterocycles. The molecule has 2 rings (SSSR count). The van der Waals surface area contributed by atoms with Gasteiger partial charge >= 0.3 is 23.9 Å². The fourth-order valence-corrected chi connectivity index (χ4v) is 2.17. The molecule has 0 amide bonds. The zero-order chi connectivity index (χ0) is 22.3. The van der Waals surface area contributed by atoms with E-state index in [4.69, 9.17) is 19.7 Å². The molecule has 0 atom stereocenters. The van der Waals surface area contributed by atoms with Crippen LogP contribution < -0.4 is 9.47 Å². The Balaban J connectivity index is 2.12. The number of hydrogen-bond donors (Lipinski definition) is 2. The molecular formula is C20H12O10. The second-order valence-corrected chi connectivity index (χ2v) is 5.53. The number of rotatable bonds is 8. The maximum Gasteiger partial charge on any atom is 0.339 e. The van der Waals surface area contributed by atoms with Gasteiger partial charge in [0.25, 0.3) is 0 Å². The molecule has 152 valence electrons. The average Bonchev–Trinajstić information content (AvgIpc) is 2.72. The van der Waals surface area contributed by atoms with Crippen molar-refractivity contribution in [2.75, 3.05) is 0 Å². The summed E-state index contributed by atoms with van der Waals surface area (Å²) >= 11 is 0. The molecule has 10 heteroatoms. The van der Waals surface area contributed by atoms with E-state index in [1.165, 1.54) is 12.1 Å². The quantitative estimate of drug-likeness (QED) is 0.283. The lowest BCUT2D eigenvalue weighted by Gasteiger charge is -2.07. The molecule has 10 nitrogen and oxygen atoms in total. The Morgan fingerprint density at radius 3 is 1.33 bits per heavy atom. The van der Waals surface area contributed by atoms with Gasteiger partial charge < -0.3 is 19.7 Å². The van der Waals surface area contributed by atoms with Crippen LogP contribution in [0.15, 0.2) is 48.6 Å². The van der Waals surface area contributed by atoms with E-state index in [0.717, 1.165) is 24.3 Å². The van der Waals surface area contributed by atoms with Gasteiger partial charge in [0.1, 0.15) is 35.2 Å². The summed E-state index contributed by atoms with van der Waals surface area (Å²) in [7, 11) is 0. The topological polar surface area (TPSA) is 161 Å². The first-order valence-electron chi connectivity index (χ1n) is 8.02. The Labute approximate surface area is 168 Å². The number of benzene rings is 2. The Kier molecular flexibility index (Phi) is 6.91. The van der Waals surface area contributed by atoms with Crippen molar-refractivity contribution in [1.82, 2.24) is 0 Å². The van der Waals surface area contributed by atoms with Gasteiger partial charge in [0.2, 0.25) is 0 Å². The summed E-state index contributed by atoms with van der Waals surface area (Å²) in [6.07, 6.45) is 2.12. The van der Waals surface area contributed by atoms with E-state index in [9.17, 15) is 28.8 Å². The van der Waals surface area contributed by atoms with Gasteiger partial charge in [-0.2, -0.15) is 0 Å². The largest absolute Gasteiger partial charge is 0.478 e. The van der Waals surface area contributed by atoms with E-state index >= 15 is 0 Å². The minimum absolute atomic E-state index is 0.0566. The first-order chi connectivity index (χ1) is 14.2. The van der Waals surface area contributed by atoms with Gasteiger partial charge in [-0.1, -0.05) is 0 Å². The van der Waals surface area contributed by atoms with Crippen molar-refractivity contribution in [2.24, 2.45) is 0 Å². The van der Waals surface area contributed by atoms with Crippen LogP contribution in [0.1, 0.15) is 41.4 Å². The number of carboxylic acids is 2. The van der Waals surface area contributed by atoms with Gasteiger partial charge in [-0.15, -0.1) is 0 Å². The van der Waals surface area contributed by atoms with E-state index in [1.54, 1.807) is 0 Å². The predicted molar refractivity (Wildman–Crippen MR) is 98.0 cm³/mol. The molecule has 0 spiro atoms. The van der Waals surface area contributed by atoms with Crippen LogP contribution in [0.25, 0.3) is 0 Å². The maximum absolute atomic E-state index is 11.8. The lowest BCUT2D eigenvalue weighted by atomic mass is 10.1. The Morgan fingerprint density at radius 2 is 1.03 bits per heavy atom. The molecule has 0 saturated heterocycles. The first-order valence-corrected chi connectivity index (χ1v) is 8.02. The number of carbonyl (C=O) groups excluding carboxylic acids is 4. The van der Waals surface area contributed by atoms with Gasteiger partial charge in [0.15, 0.2) is 0 Å². The third kappa shape index (κ3) is 5.45. The van der Waals surface area contributed by atoms with Crippen molar-refractivity contribution < 1.29 is 48.5 Å². The van der Waals surface area contributed by atoms with Crippen LogP contribution in [0.4, 0.5) is 0 Å². The summed E-state index contributed by atoms with van der Waals surface area (Å²) < 4.78 is 9.67. The van der Waals surface area contributed by atoms with Crippen molar-refractivity contribution in [1.29, 1.82) is 0 Å². The molecule has 0 saturated carbocycles. The van der Waals surface area contributed by atoms with Crippen molar-refractivity contribution in [3.63, 3.8) is 0 Å². The number of carboxylic acid groups (broad SMARTS) is 2. The van der Waals surface area contributed by atoms with Crippen molar-refractivity contribution in [3.05, 3.63) is 70.8 Å². The third-order valence-corrected chi connectivity index (χ3v) is 3.52. The van der Waals surface area contributed by atoms with Crippen LogP contribution in [0.5, 0.6) is 11.5 Å². The highest BCUT2D eigenvalue weighted by molar-refractivity contribution is 5.98. The molecular weight excluding hydrogens is 400 g/mol. The molecule has 0 radical (unpaired) electrons. The van der Waals surface area contributed by atoms with Crippen LogP contribution in [-0.4, -0.2) is 46.7 Å². The standard InChI is InChI=1S/C20H12O10/c21-9-11-1-3-15(13(7-11)19(25)26)29-17(23)5-6-18(24)30-16-4-2-12(10-22)8-14(16)20(27)28/h1-10H,(H,25,26)(H,27,28)/b6-5+. The molecule has 2 N–H and O–H groups in total. The van der Waals surface area contributed by atoms with E-state index in [-0.39, 0.29) is 22.6 Å². The second-order valence-electron chi connectivity index (χ2n) is 5.53. The van der Waals surface area contributed by atoms with Crippen molar-refractivity contribution >= 4 is 36.4 Å². The normalized spacial score (nSPS) is 10.3. The zero-order valence-electron chi connectivity index (χ0n) is 14.9. The Morgan fingerprint density at radius 1 is 0.667 bits per heavy atom. The van der Waals surface area contributed by atoms with E-state index in [0.29, 0.717) is 24.7 Å². The lowest BCUT2D eigenvalue weighted by molar-refractivity contribution is -0.131. The maximum atomic E-state index is 11.8. The van der Waals surface area contributed by atoms with Gasteiger partial charge in [-0.05, 0) is 36.4 Å². The highest BCUT2D eigenvalue weighted by Crippen LogP contribution is 2.21. The van der Waals surface area contributed by atoms with Gasteiger partial charge in [-0.3, -0.25) is 9.59 Å². The number of aromatic carboxylic acids is 2. The molecule has 0 bridgehead atoms. The van der Waals surface area contributed by atoms with Crippen molar-refractivity contribution in [3.8, 4) is 11.5 Å². The number of carbonyl (C=O) groups is 6. The zero-order valence-corrected chi connectivity index (χ0v) is 14.9. The molecule has 0 unspecified atom stereocenters. The molecule has 0 fully saturated rings. The van der Waals surface area contributed by atoms with Crippen LogP contribution in [0.3, 0.4) is 0 Å². The van der Waals surface area contributed by atoms with Gasteiger partial charge in [0.05, 0.1) is 0 Å². The summed E-state index contributed by atoms with van der Waals surface area (Å²) in [5, 5.41) is 18.2. The van der Waals surface area contributed by atoms with Crippen LogP contribution in [0.2, 0.25) is 0 Å². The lowest BCUT2D eigenvalue weighted by Crippen LogP contribution is -2.12.